The van der Waals surface area contributed by atoms with Gasteiger partial charge in [0.15, 0.2) is 17.3 Å². The van der Waals surface area contributed by atoms with Crippen molar-refractivity contribution in [3.8, 4) is 0 Å². The molecule has 1 rings (SSSR count). The van der Waals surface area contributed by atoms with E-state index in [1.54, 1.807) is 6.92 Å². The van der Waals surface area contributed by atoms with E-state index in [0.29, 0.717) is 11.7 Å². The maximum atomic E-state index is 12.2. The fraction of sp³-hybridized carbons (Fsp3) is 0.800. The molecule has 0 aliphatic heterocycles. The average Bonchev–Trinajstić information content (AvgIpc) is 2.35. The van der Waals surface area contributed by atoms with Crippen LogP contribution in [0.15, 0.2) is 0 Å². The lowest BCUT2D eigenvalue weighted by atomic mass is 9.70. The second kappa shape index (κ2) is 7.22. The van der Waals surface area contributed by atoms with Crippen LogP contribution in [0.1, 0.15) is 47.0 Å². The lowest BCUT2D eigenvalue weighted by Crippen LogP contribution is -2.44. The molecule has 108 valence electrons. The van der Waals surface area contributed by atoms with Crippen molar-refractivity contribution in [3.63, 3.8) is 0 Å². The van der Waals surface area contributed by atoms with Gasteiger partial charge in [0.25, 0.3) is 0 Å². The van der Waals surface area contributed by atoms with Crippen molar-refractivity contribution >= 4 is 29.1 Å². The summed E-state index contributed by atoms with van der Waals surface area (Å²) in [6.07, 6.45) is 1.53. The van der Waals surface area contributed by atoms with Gasteiger partial charge in [0.2, 0.25) is 0 Å². The first kappa shape index (κ1) is 16.4. The molecule has 1 aliphatic carbocycles. The van der Waals surface area contributed by atoms with Crippen LogP contribution in [0, 0.1) is 17.8 Å². The molecule has 1 fully saturated rings. The number of carbonyl (C=O) groups is 3. The Kier molecular flexibility index (Phi) is 6.24. The molecule has 1 saturated carbocycles. The highest BCUT2D eigenvalue weighted by molar-refractivity contribution is 7.99. The fourth-order valence-corrected chi connectivity index (χ4v) is 3.77. The predicted molar refractivity (Wildman–Crippen MR) is 78.3 cm³/mol. The minimum absolute atomic E-state index is 0.106. The van der Waals surface area contributed by atoms with Crippen molar-refractivity contribution in [3.05, 3.63) is 0 Å². The summed E-state index contributed by atoms with van der Waals surface area (Å²) in [7, 11) is 0. The Morgan fingerprint density at radius 1 is 1.37 bits per heavy atom. The van der Waals surface area contributed by atoms with Gasteiger partial charge in [-0.05, 0) is 18.1 Å². The van der Waals surface area contributed by atoms with Crippen LogP contribution in [0.3, 0.4) is 0 Å². The number of thioether (sulfide) groups is 1. The Hall–Kier alpha value is -0.640. The van der Waals surface area contributed by atoms with E-state index in [-0.39, 0.29) is 35.6 Å². The minimum atomic E-state index is -0.967. The molecule has 0 radical (unpaired) electrons. The van der Waals surface area contributed by atoms with Gasteiger partial charge in [0.05, 0.1) is 0 Å². The van der Waals surface area contributed by atoms with Gasteiger partial charge in [-0.15, -0.1) is 0 Å². The molecular formula is C15H24O3S. The Morgan fingerprint density at radius 2 is 2.00 bits per heavy atom. The summed E-state index contributed by atoms with van der Waals surface area (Å²) < 4.78 is 0. The van der Waals surface area contributed by atoms with Gasteiger partial charge in [-0.1, -0.05) is 27.7 Å². The van der Waals surface area contributed by atoms with Crippen LogP contribution in [0.25, 0.3) is 0 Å². The molecule has 1 aliphatic rings. The Bertz CT molecular complexity index is 364. The molecule has 0 aromatic carbocycles. The molecule has 4 heteroatoms. The summed E-state index contributed by atoms with van der Waals surface area (Å²) in [5.41, 5.74) is 0. The average molecular weight is 284 g/mol. The van der Waals surface area contributed by atoms with E-state index in [9.17, 15) is 14.4 Å². The molecular weight excluding hydrogens is 260 g/mol. The van der Waals surface area contributed by atoms with E-state index in [0.717, 1.165) is 12.2 Å². The van der Waals surface area contributed by atoms with E-state index in [2.05, 4.69) is 13.8 Å². The summed E-state index contributed by atoms with van der Waals surface area (Å²) in [6, 6.07) is 0. The Labute approximate surface area is 119 Å². The van der Waals surface area contributed by atoms with Gasteiger partial charge >= 0.3 is 0 Å². The normalized spacial score (nSPS) is 29.4. The molecule has 0 aromatic rings. The van der Waals surface area contributed by atoms with Crippen LogP contribution in [-0.2, 0) is 14.4 Å². The first-order valence-electron chi connectivity index (χ1n) is 7.13. The quantitative estimate of drug-likeness (QED) is 0.704. The maximum Gasteiger partial charge on any atom is 0.153 e. The van der Waals surface area contributed by atoms with Crippen LogP contribution in [-0.4, -0.2) is 28.4 Å². The molecule has 0 N–H and O–H groups in total. The van der Waals surface area contributed by atoms with Gasteiger partial charge in [-0.2, -0.15) is 11.8 Å². The molecule has 0 spiro atoms. The second-order valence-electron chi connectivity index (χ2n) is 5.38. The Balaban J connectivity index is 2.75. The number of hydrogen-bond acceptors (Lipinski definition) is 4. The largest absolute Gasteiger partial charge is 0.298 e. The molecule has 19 heavy (non-hydrogen) atoms. The van der Waals surface area contributed by atoms with E-state index in [1.165, 1.54) is 0 Å². The lowest BCUT2D eigenvalue weighted by Gasteiger charge is -2.32. The van der Waals surface area contributed by atoms with Crippen molar-refractivity contribution in [2.24, 2.45) is 17.8 Å². The van der Waals surface area contributed by atoms with Gasteiger partial charge in [-0.3, -0.25) is 14.4 Å². The SMILES string of the molecule is CCSC(C)CC1CC(=O)C(C(=O)CC)C(=O)C1C. The second-order valence-corrected chi connectivity index (χ2v) is 7.09. The third-order valence-corrected chi connectivity index (χ3v) is 5.08. The molecule has 4 unspecified atom stereocenters. The Morgan fingerprint density at radius 3 is 2.53 bits per heavy atom. The van der Waals surface area contributed by atoms with Crippen LogP contribution in [0.5, 0.6) is 0 Å². The number of ketones is 3. The number of carbonyl (C=O) groups excluding carboxylic acids is 3. The third kappa shape index (κ3) is 3.91. The predicted octanol–water partition coefficient (Wildman–Crippen LogP) is 2.91. The first-order valence-corrected chi connectivity index (χ1v) is 8.17. The zero-order valence-electron chi connectivity index (χ0n) is 12.3. The van der Waals surface area contributed by atoms with E-state index < -0.39 is 5.92 Å². The smallest absolute Gasteiger partial charge is 0.153 e. The molecule has 0 aromatic heterocycles. The molecule has 0 saturated heterocycles. The summed E-state index contributed by atoms with van der Waals surface area (Å²) in [6.45, 7) is 7.83. The molecule has 0 amide bonds. The van der Waals surface area contributed by atoms with Crippen molar-refractivity contribution in [2.75, 3.05) is 5.75 Å². The fourth-order valence-electron chi connectivity index (χ4n) is 2.82. The highest BCUT2D eigenvalue weighted by atomic mass is 32.2. The summed E-state index contributed by atoms with van der Waals surface area (Å²) >= 11 is 1.85. The van der Waals surface area contributed by atoms with Crippen molar-refractivity contribution < 1.29 is 14.4 Å². The zero-order valence-corrected chi connectivity index (χ0v) is 13.1. The van der Waals surface area contributed by atoms with E-state index >= 15 is 0 Å². The topological polar surface area (TPSA) is 51.2 Å². The zero-order chi connectivity index (χ0) is 14.6. The molecule has 0 bridgehead atoms. The maximum absolute atomic E-state index is 12.2. The van der Waals surface area contributed by atoms with Gasteiger partial charge < -0.3 is 0 Å². The standard InChI is InChI=1S/C15H24O3S/c1-5-12(16)14-13(17)8-11(10(4)15(14)18)7-9(3)19-6-2/h9-11,14H,5-8H2,1-4H3. The lowest BCUT2D eigenvalue weighted by molar-refractivity contribution is -0.146. The van der Waals surface area contributed by atoms with Gasteiger partial charge in [-0.25, -0.2) is 0 Å². The number of hydrogen-bond donors (Lipinski definition) is 0. The van der Waals surface area contributed by atoms with Crippen LogP contribution in [0.4, 0.5) is 0 Å². The van der Waals surface area contributed by atoms with Crippen molar-refractivity contribution in [2.45, 2.75) is 52.2 Å². The van der Waals surface area contributed by atoms with Crippen LogP contribution >= 0.6 is 11.8 Å². The van der Waals surface area contributed by atoms with Crippen molar-refractivity contribution in [1.82, 2.24) is 0 Å². The molecule has 4 atom stereocenters. The monoisotopic (exact) mass is 284 g/mol. The summed E-state index contributed by atoms with van der Waals surface area (Å²) in [4.78, 5) is 36.0. The van der Waals surface area contributed by atoms with Crippen LogP contribution < -0.4 is 0 Å². The summed E-state index contributed by atoms with van der Waals surface area (Å²) in [5.74, 6) is -0.508. The van der Waals surface area contributed by atoms with Crippen LogP contribution in [0.2, 0.25) is 0 Å². The van der Waals surface area contributed by atoms with Gasteiger partial charge in [0.1, 0.15) is 5.92 Å². The van der Waals surface area contributed by atoms with E-state index in [4.69, 9.17) is 0 Å². The highest BCUT2D eigenvalue weighted by Gasteiger charge is 2.43. The summed E-state index contributed by atoms with van der Waals surface area (Å²) in [5, 5.41) is 0.455. The first-order chi connectivity index (χ1) is 8.92. The molecule has 3 nitrogen and oxygen atoms in total. The third-order valence-electron chi connectivity index (χ3n) is 3.98. The highest BCUT2D eigenvalue weighted by Crippen LogP contribution is 2.34. The number of Topliss-reactive ketones (excluding diaryl/α,β-unsaturated/α-hetero) is 3. The number of rotatable bonds is 6. The minimum Gasteiger partial charge on any atom is -0.298 e. The van der Waals surface area contributed by atoms with Gasteiger partial charge in [0, 0.05) is 24.0 Å². The molecule has 0 heterocycles. The van der Waals surface area contributed by atoms with E-state index in [1.807, 2.05) is 18.7 Å². The van der Waals surface area contributed by atoms with Crippen molar-refractivity contribution in [1.29, 1.82) is 0 Å².